The molecule has 3 nitrogen and oxygen atoms in total. The number of carbonyl (C=O) groups excluding carboxylic acids is 1. The molecule has 2 rings (SSSR count). The molecule has 1 N–H and O–H groups in total. The highest BCUT2D eigenvalue weighted by molar-refractivity contribution is 5.79. The van der Waals surface area contributed by atoms with E-state index in [0.717, 1.165) is 18.9 Å². The van der Waals surface area contributed by atoms with Gasteiger partial charge in [-0.1, -0.05) is 0 Å². The largest absolute Gasteiger partial charge is 0.417 e. The van der Waals surface area contributed by atoms with E-state index in [2.05, 4.69) is 0 Å². The summed E-state index contributed by atoms with van der Waals surface area (Å²) in [5, 5.41) is 9.17. The van der Waals surface area contributed by atoms with Gasteiger partial charge in [-0.3, -0.25) is 4.79 Å². The van der Waals surface area contributed by atoms with Crippen molar-refractivity contribution in [2.45, 2.75) is 19.0 Å². The van der Waals surface area contributed by atoms with Gasteiger partial charge in [-0.15, -0.1) is 0 Å². The van der Waals surface area contributed by atoms with Crippen LogP contribution in [0.5, 0.6) is 0 Å². The zero-order valence-electron chi connectivity index (χ0n) is 10.9. The molecular formula is C14H16F3NO2. The SMILES string of the molecule is O=Cc1ccc(N2CCCC(CO)C2)cc1C(F)(F)F. The maximum absolute atomic E-state index is 12.9. The third-order valence-corrected chi connectivity index (χ3v) is 3.61. The summed E-state index contributed by atoms with van der Waals surface area (Å²) in [5.41, 5.74) is -0.811. The van der Waals surface area contributed by atoms with Gasteiger partial charge in [-0.05, 0) is 37.0 Å². The van der Waals surface area contributed by atoms with Gasteiger partial charge in [-0.25, -0.2) is 0 Å². The zero-order valence-corrected chi connectivity index (χ0v) is 10.9. The molecule has 1 aliphatic heterocycles. The topological polar surface area (TPSA) is 40.5 Å². The van der Waals surface area contributed by atoms with Crippen LogP contribution in [0.15, 0.2) is 18.2 Å². The van der Waals surface area contributed by atoms with Crippen molar-refractivity contribution in [1.29, 1.82) is 0 Å². The van der Waals surface area contributed by atoms with Gasteiger partial charge in [0, 0.05) is 30.9 Å². The maximum Gasteiger partial charge on any atom is 0.417 e. The van der Waals surface area contributed by atoms with Gasteiger partial charge in [-0.2, -0.15) is 13.2 Å². The number of aliphatic hydroxyl groups is 1. The van der Waals surface area contributed by atoms with Crippen LogP contribution in [-0.4, -0.2) is 31.1 Å². The molecule has 1 heterocycles. The number of aliphatic hydroxyl groups excluding tert-OH is 1. The summed E-state index contributed by atoms with van der Waals surface area (Å²) < 4.78 is 38.7. The lowest BCUT2D eigenvalue weighted by molar-refractivity contribution is -0.137. The Hall–Kier alpha value is -1.56. The number of anilines is 1. The molecule has 0 bridgehead atoms. The smallest absolute Gasteiger partial charge is 0.396 e. The highest BCUT2D eigenvalue weighted by Gasteiger charge is 2.34. The van der Waals surface area contributed by atoms with Gasteiger partial charge in [0.15, 0.2) is 6.29 Å². The molecule has 110 valence electrons. The van der Waals surface area contributed by atoms with Crippen LogP contribution in [-0.2, 0) is 6.18 Å². The van der Waals surface area contributed by atoms with E-state index in [1.54, 1.807) is 0 Å². The first-order valence-electron chi connectivity index (χ1n) is 6.48. The highest BCUT2D eigenvalue weighted by Crippen LogP contribution is 2.35. The first kappa shape index (κ1) is 14.8. The van der Waals surface area contributed by atoms with Gasteiger partial charge >= 0.3 is 6.18 Å². The summed E-state index contributed by atoms with van der Waals surface area (Å²) in [5.74, 6) is 0.0869. The Morgan fingerprint density at radius 2 is 2.15 bits per heavy atom. The van der Waals surface area contributed by atoms with E-state index in [1.165, 1.54) is 12.1 Å². The Morgan fingerprint density at radius 1 is 1.40 bits per heavy atom. The molecule has 0 saturated carbocycles. The average Bonchev–Trinajstić information content (AvgIpc) is 2.45. The lowest BCUT2D eigenvalue weighted by atomic mass is 9.97. The van der Waals surface area contributed by atoms with Crippen molar-refractivity contribution < 1.29 is 23.1 Å². The maximum atomic E-state index is 12.9. The van der Waals surface area contributed by atoms with E-state index < -0.39 is 11.7 Å². The lowest BCUT2D eigenvalue weighted by Crippen LogP contribution is -2.36. The van der Waals surface area contributed by atoms with Gasteiger partial charge in [0.2, 0.25) is 0 Å². The molecule has 0 aliphatic carbocycles. The highest BCUT2D eigenvalue weighted by atomic mass is 19.4. The number of benzene rings is 1. The number of carbonyl (C=O) groups is 1. The fourth-order valence-corrected chi connectivity index (χ4v) is 2.54. The number of hydrogen-bond acceptors (Lipinski definition) is 3. The number of hydrogen-bond donors (Lipinski definition) is 1. The molecule has 1 saturated heterocycles. The second-order valence-electron chi connectivity index (χ2n) is 5.02. The summed E-state index contributed by atoms with van der Waals surface area (Å²) in [4.78, 5) is 12.5. The Morgan fingerprint density at radius 3 is 2.75 bits per heavy atom. The number of nitrogens with zero attached hydrogens (tertiary/aromatic N) is 1. The van der Waals surface area contributed by atoms with Crippen molar-refractivity contribution in [1.82, 2.24) is 0 Å². The number of rotatable bonds is 3. The number of halogens is 3. The first-order chi connectivity index (χ1) is 9.45. The van der Waals surface area contributed by atoms with E-state index in [4.69, 9.17) is 5.11 Å². The number of piperidine rings is 1. The van der Waals surface area contributed by atoms with Crippen molar-refractivity contribution in [2.24, 2.45) is 5.92 Å². The minimum absolute atomic E-state index is 0.0368. The molecule has 1 atom stereocenters. The molecule has 6 heteroatoms. The molecular weight excluding hydrogens is 271 g/mol. The molecule has 0 aromatic heterocycles. The predicted molar refractivity (Wildman–Crippen MR) is 68.9 cm³/mol. The first-order valence-corrected chi connectivity index (χ1v) is 6.48. The third kappa shape index (κ3) is 3.12. The van der Waals surface area contributed by atoms with Crippen LogP contribution in [0.4, 0.5) is 18.9 Å². The van der Waals surface area contributed by atoms with Gasteiger partial charge in [0.25, 0.3) is 0 Å². The summed E-state index contributed by atoms with van der Waals surface area (Å²) >= 11 is 0. The summed E-state index contributed by atoms with van der Waals surface area (Å²) in [6.07, 6.45) is -2.61. The second-order valence-corrected chi connectivity index (χ2v) is 5.02. The summed E-state index contributed by atoms with van der Waals surface area (Å²) in [6.45, 7) is 1.23. The van der Waals surface area contributed by atoms with Crippen LogP contribution < -0.4 is 4.90 Å². The minimum Gasteiger partial charge on any atom is -0.396 e. The van der Waals surface area contributed by atoms with Crippen molar-refractivity contribution in [2.75, 3.05) is 24.6 Å². The fourth-order valence-electron chi connectivity index (χ4n) is 2.54. The monoisotopic (exact) mass is 287 g/mol. The average molecular weight is 287 g/mol. The summed E-state index contributed by atoms with van der Waals surface area (Å²) in [6, 6.07) is 3.75. The van der Waals surface area contributed by atoms with Crippen LogP contribution in [0.3, 0.4) is 0 Å². The molecule has 0 radical (unpaired) electrons. The van der Waals surface area contributed by atoms with Crippen LogP contribution in [0, 0.1) is 5.92 Å². The third-order valence-electron chi connectivity index (χ3n) is 3.61. The van der Waals surface area contributed by atoms with Gasteiger partial charge in [0.05, 0.1) is 5.56 Å². The molecule has 1 aromatic rings. The predicted octanol–water partition coefficient (Wildman–Crippen LogP) is 2.73. The van der Waals surface area contributed by atoms with Crippen molar-refractivity contribution in [3.8, 4) is 0 Å². The Labute approximate surface area is 115 Å². The molecule has 0 amide bonds. The van der Waals surface area contributed by atoms with Gasteiger partial charge < -0.3 is 10.0 Å². The second kappa shape index (κ2) is 5.83. The van der Waals surface area contributed by atoms with E-state index in [1.807, 2.05) is 4.90 Å². The van der Waals surface area contributed by atoms with Crippen molar-refractivity contribution in [3.63, 3.8) is 0 Å². The molecule has 1 unspecified atom stereocenters. The Kier molecular flexibility index (Phi) is 4.32. The molecule has 0 spiro atoms. The molecule has 1 aromatic carbocycles. The molecule has 1 fully saturated rings. The van der Waals surface area contributed by atoms with Crippen LogP contribution in [0.2, 0.25) is 0 Å². The standard InChI is InChI=1S/C14H16F3NO2/c15-14(16,17)13-6-12(4-3-11(13)9-20)18-5-1-2-10(7-18)8-19/h3-4,6,9-10,19H,1-2,5,7-8H2. The Balaban J connectivity index is 2.31. The fraction of sp³-hybridized carbons (Fsp3) is 0.500. The van der Waals surface area contributed by atoms with Crippen LogP contribution >= 0.6 is 0 Å². The zero-order chi connectivity index (χ0) is 14.8. The van der Waals surface area contributed by atoms with Crippen LogP contribution in [0.1, 0.15) is 28.8 Å². The van der Waals surface area contributed by atoms with Crippen LogP contribution in [0.25, 0.3) is 0 Å². The molecule has 20 heavy (non-hydrogen) atoms. The normalized spacial score (nSPS) is 20.0. The van der Waals surface area contributed by atoms with E-state index in [9.17, 15) is 18.0 Å². The lowest BCUT2D eigenvalue weighted by Gasteiger charge is -2.34. The van der Waals surface area contributed by atoms with E-state index >= 15 is 0 Å². The van der Waals surface area contributed by atoms with E-state index in [0.29, 0.717) is 18.8 Å². The minimum atomic E-state index is -4.54. The quantitative estimate of drug-likeness (QED) is 0.869. The van der Waals surface area contributed by atoms with Gasteiger partial charge in [0.1, 0.15) is 0 Å². The van der Waals surface area contributed by atoms with E-state index in [-0.39, 0.29) is 24.4 Å². The van der Waals surface area contributed by atoms with Crippen molar-refractivity contribution >= 4 is 12.0 Å². The van der Waals surface area contributed by atoms with Crippen molar-refractivity contribution in [3.05, 3.63) is 29.3 Å². The number of alkyl halides is 3. The number of aldehydes is 1. The molecule has 1 aliphatic rings. The summed E-state index contributed by atoms with van der Waals surface area (Å²) in [7, 11) is 0. The Bertz CT molecular complexity index is 488.